The van der Waals surface area contributed by atoms with Crippen LogP contribution in [0.15, 0.2) is 18.2 Å². The second-order valence-corrected chi connectivity index (χ2v) is 4.23. The lowest BCUT2D eigenvalue weighted by molar-refractivity contribution is 0.0595. The Balaban J connectivity index is 2.50. The molecule has 0 aliphatic rings. The smallest absolute Gasteiger partial charge is 0.0776 e. The van der Waals surface area contributed by atoms with Crippen molar-refractivity contribution in [3.05, 3.63) is 33.8 Å². The van der Waals surface area contributed by atoms with Crippen LogP contribution in [0.4, 0.5) is 0 Å². The summed E-state index contributed by atoms with van der Waals surface area (Å²) in [6.45, 7) is 0.352. The third-order valence-corrected chi connectivity index (χ3v) is 2.71. The molecule has 0 heterocycles. The maximum atomic E-state index is 9.46. The molecule has 1 aromatic carbocycles. The van der Waals surface area contributed by atoms with Crippen molar-refractivity contribution in [3.8, 4) is 0 Å². The Morgan fingerprint density at radius 2 is 2.13 bits per heavy atom. The average molecular weight is 249 g/mol. The van der Waals surface area contributed by atoms with E-state index >= 15 is 0 Å². The summed E-state index contributed by atoms with van der Waals surface area (Å²) in [6, 6.07) is 5.39. The van der Waals surface area contributed by atoms with Gasteiger partial charge in [-0.2, -0.15) is 0 Å². The van der Waals surface area contributed by atoms with Gasteiger partial charge in [-0.05, 0) is 30.5 Å². The molecule has 1 N–H and O–H groups in total. The molecular weight excluding hydrogens is 235 g/mol. The van der Waals surface area contributed by atoms with E-state index in [1.165, 1.54) is 0 Å². The minimum Gasteiger partial charge on any atom is -0.391 e. The van der Waals surface area contributed by atoms with Crippen molar-refractivity contribution < 1.29 is 9.84 Å². The van der Waals surface area contributed by atoms with Gasteiger partial charge in [-0.3, -0.25) is 0 Å². The van der Waals surface area contributed by atoms with Gasteiger partial charge < -0.3 is 9.84 Å². The lowest BCUT2D eigenvalue weighted by atomic mass is 10.1. The SMILES string of the molecule is COCC(O)CCc1ccc(Cl)cc1Cl. The second-order valence-electron chi connectivity index (χ2n) is 3.38. The Morgan fingerprint density at radius 1 is 1.40 bits per heavy atom. The van der Waals surface area contributed by atoms with Crippen molar-refractivity contribution >= 4 is 23.2 Å². The summed E-state index contributed by atoms with van der Waals surface area (Å²) in [5.41, 5.74) is 0.996. The molecule has 0 aliphatic heterocycles. The number of methoxy groups -OCH3 is 1. The van der Waals surface area contributed by atoms with E-state index in [1.807, 2.05) is 6.07 Å². The molecule has 0 saturated carbocycles. The van der Waals surface area contributed by atoms with Crippen molar-refractivity contribution in [2.45, 2.75) is 18.9 Å². The van der Waals surface area contributed by atoms with E-state index in [-0.39, 0.29) is 0 Å². The summed E-state index contributed by atoms with van der Waals surface area (Å²) in [6.07, 6.45) is 0.914. The number of ether oxygens (including phenoxy) is 1. The zero-order chi connectivity index (χ0) is 11.3. The fourth-order valence-corrected chi connectivity index (χ4v) is 1.83. The Bertz CT molecular complexity index is 315. The van der Waals surface area contributed by atoms with Crippen molar-refractivity contribution in [1.82, 2.24) is 0 Å². The summed E-state index contributed by atoms with van der Waals surface area (Å²) in [7, 11) is 1.57. The van der Waals surface area contributed by atoms with Crippen LogP contribution in [0.3, 0.4) is 0 Å². The Hall–Kier alpha value is -0.280. The number of rotatable bonds is 5. The summed E-state index contributed by atoms with van der Waals surface area (Å²) >= 11 is 11.8. The fourth-order valence-electron chi connectivity index (χ4n) is 1.32. The van der Waals surface area contributed by atoms with Crippen molar-refractivity contribution in [2.75, 3.05) is 13.7 Å². The fraction of sp³-hybridized carbons (Fsp3) is 0.455. The van der Waals surface area contributed by atoms with Crippen LogP contribution >= 0.6 is 23.2 Å². The predicted octanol–water partition coefficient (Wildman–Crippen LogP) is 2.93. The number of aliphatic hydroxyl groups excluding tert-OH is 1. The summed E-state index contributed by atoms with van der Waals surface area (Å²) in [5, 5.41) is 10.7. The first kappa shape index (κ1) is 12.8. The highest BCUT2D eigenvalue weighted by molar-refractivity contribution is 6.35. The van der Waals surface area contributed by atoms with E-state index in [9.17, 15) is 5.11 Å². The highest BCUT2D eigenvalue weighted by Crippen LogP contribution is 2.22. The van der Waals surface area contributed by atoms with E-state index in [0.717, 1.165) is 12.0 Å². The number of halogens is 2. The topological polar surface area (TPSA) is 29.5 Å². The molecule has 0 spiro atoms. The van der Waals surface area contributed by atoms with E-state index in [2.05, 4.69) is 0 Å². The third-order valence-electron chi connectivity index (χ3n) is 2.12. The predicted molar refractivity (Wildman–Crippen MR) is 62.7 cm³/mol. The molecule has 1 unspecified atom stereocenters. The molecule has 0 aromatic heterocycles. The van der Waals surface area contributed by atoms with Crippen LogP contribution in [0, 0.1) is 0 Å². The van der Waals surface area contributed by atoms with Crippen LogP contribution in [-0.4, -0.2) is 24.9 Å². The lowest BCUT2D eigenvalue weighted by Crippen LogP contribution is -2.14. The molecule has 0 aliphatic carbocycles. The molecule has 0 bridgehead atoms. The summed E-state index contributed by atoms with van der Waals surface area (Å²) in [5.74, 6) is 0. The Morgan fingerprint density at radius 3 is 2.73 bits per heavy atom. The van der Waals surface area contributed by atoms with Crippen LogP contribution in [0.5, 0.6) is 0 Å². The molecule has 1 aromatic rings. The summed E-state index contributed by atoms with van der Waals surface area (Å²) < 4.78 is 4.84. The molecule has 15 heavy (non-hydrogen) atoms. The highest BCUT2D eigenvalue weighted by Gasteiger charge is 2.06. The van der Waals surface area contributed by atoms with Gasteiger partial charge in [0, 0.05) is 17.2 Å². The molecule has 4 heteroatoms. The second kappa shape index (κ2) is 6.33. The van der Waals surface area contributed by atoms with Gasteiger partial charge in [0.1, 0.15) is 0 Å². The monoisotopic (exact) mass is 248 g/mol. The van der Waals surface area contributed by atoms with E-state index < -0.39 is 6.10 Å². The number of aryl methyl sites for hydroxylation is 1. The van der Waals surface area contributed by atoms with Crippen LogP contribution < -0.4 is 0 Å². The van der Waals surface area contributed by atoms with Crippen LogP contribution in [0.25, 0.3) is 0 Å². The van der Waals surface area contributed by atoms with Crippen LogP contribution in [0.2, 0.25) is 10.0 Å². The molecule has 0 amide bonds. The average Bonchev–Trinajstić information content (AvgIpc) is 2.17. The zero-order valence-corrected chi connectivity index (χ0v) is 10.1. The third kappa shape index (κ3) is 4.39. The van der Waals surface area contributed by atoms with E-state index in [0.29, 0.717) is 23.1 Å². The van der Waals surface area contributed by atoms with Gasteiger partial charge >= 0.3 is 0 Å². The van der Waals surface area contributed by atoms with Gasteiger partial charge in [-0.25, -0.2) is 0 Å². The molecule has 1 atom stereocenters. The van der Waals surface area contributed by atoms with Crippen molar-refractivity contribution in [2.24, 2.45) is 0 Å². The highest BCUT2D eigenvalue weighted by atomic mass is 35.5. The van der Waals surface area contributed by atoms with Gasteiger partial charge in [0.2, 0.25) is 0 Å². The summed E-state index contributed by atoms with van der Waals surface area (Å²) in [4.78, 5) is 0. The Kier molecular flexibility index (Phi) is 5.40. The lowest BCUT2D eigenvalue weighted by Gasteiger charge is -2.10. The number of aliphatic hydroxyl groups is 1. The maximum Gasteiger partial charge on any atom is 0.0776 e. The quantitative estimate of drug-likeness (QED) is 0.869. The van der Waals surface area contributed by atoms with Crippen LogP contribution in [0.1, 0.15) is 12.0 Å². The molecule has 0 radical (unpaired) electrons. The van der Waals surface area contributed by atoms with Gasteiger partial charge in [0.05, 0.1) is 12.7 Å². The van der Waals surface area contributed by atoms with Gasteiger partial charge in [0.25, 0.3) is 0 Å². The standard InChI is InChI=1S/C11H14Cl2O2/c1-15-7-10(14)5-3-8-2-4-9(12)6-11(8)13/h2,4,6,10,14H,3,5,7H2,1H3. The van der Waals surface area contributed by atoms with Crippen LogP contribution in [-0.2, 0) is 11.2 Å². The van der Waals surface area contributed by atoms with Crippen molar-refractivity contribution in [3.63, 3.8) is 0 Å². The molecule has 84 valence electrons. The number of hydrogen-bond donors (Lipinski definition) is 1. The van der Waals surface area contributed by atoms with Crippen molar-refractivity contribution in [1.29, 1.82) is 0 Å². The van der Waals surface area contributed by atoms with E-state index in [4.69, 9.17) is 27.9 Å². The first-order chi connectivity index (χ1) is 7.13. The zero-order valence-electron chi connectivity index (χ0n) is 8.54. The largest absolute Gasteiger partial charge is 0.391 e. The molecule has 1 rings (SSSR count). The van der Waals surface area contributed by atoms with Gasteiger partial charge in [0.15, 0.2) is 0 Å². The first-order valence-electron chi connectivity index (χ1n) is 4.74. The minimum atomic E-state index is -0.443. The number of benzene rings is 1. The van der Waals surface area contributed by atoms with Gasteiger partial charge in [-0.15, -0.1) is 0 Å². The maximum absolute atomic E-state index is 9.46. The Labute approximate surface area is 99.8 Å². The number of hydrogen-bond acceptors (Lipinski definition) is 2. The first-order valence-corrected chi connectivity index (χ1v) is 5.50. The van der Waals surface area contributed by atoms with E-state index in [1.54, 1.807) is 19.2 Å². The molecule has 0 fully saturated rings. The molecule has 2 nitrogen and oxygen atoms in total. The normalized spacial score (nSPS) is 12.8. The molecular formula is C11H14Cl2O2. The van der Waals surface area contributed by atoms with Gasteiger partial charge in [-0.1, -0.05) is 29.3 Å². The molecule has 0 saturated heterocycles. The minimum absolute atomic E-state index is 0.352.